The molecular formula is C15H21N3O2. The van der Waals surface area contributed by atoms with Crippen LogP contribution >= 0.6 is 0 Å². The molecule has 1 aromatic heterocycles. The van der Waals surface area contributed by atoms with Gasteiger partial charge in [-0.25, -0.2) is 0 Å². The summed E-state index contributed by atoms with van der Waals surface area (Å²) < 4.78 is 5.98. The Morgan fingerprint density at radius 2 is 2.35 bits per heavy atom. The first-order chi connectivity index (χ1) is 9.76. The van der Waals surface area contributed by atoms with Crippen LogP contribution in [-0.4, -0.2) is 42.2 Å². The smallest absolute Gasteiger partial charge is 0.224 e. The zero-order valence-corrected chi connectivity index (χ0v) is 11.6. The number of ether oxygens (including phenoxy) is 1. The van der Waals surface area contributed by atoms with Gasteiger partial charge in [0, 0.05) is 12.4 Å². The molecule has 0 bridgehead atoms. The highest BCUT2D eigenvalue weighted by molar-refractivity contribution is 5.78. The quantitative estimate of drug-likeness (QED) is 0.850. The maximum Gasteiger partial charge on any atom is 0.224 e. The summed E-state index contributed by atoms with van der Waals surface area (Å²) in [5, 5.41) is 6.44. The third kappa shape index (κ3) is 3.16. The lowest BCUT2D eigenvalue weighted by Gasteiger charge is -2.32. The zero-order valence-electron chi connectivity index (χ0n) is 11.6. The number of hydrogen-bond donors (Lipinski definition) is 2. The van der Waals surface area contributed by atoms with Gasteiger partial charge in [-0.1, -0.05) is 6.07 Å². The number of carbonyl (C=O) groups excluding carboxylic acids is 1. The minimum Gasteiger partial charge on any atom is -0.373 e. The maximum atomic E-state index is 12.0. The summed E-state index contributed by atoms with van der Waals surface area (Å²) in [7, 11) is 0. The van der Waals surface area contributed by atoms with Crippen molar-refractivity contribution >= 4 is 5.91 Å². The normalized spacial score (nSPS) is 24.7. The Labute approximate surface area is 119 Å². The Kier molecular flexibility index (Phi) is 3.98. The van der Waals surface area contributed by atoms with E-state index in [9.17, 15) is 4.79 Å². The van der Waals surface area contributed by atoms with Gasteiger partial charge in [-0.05, 0) is 44.0 Å². The van der Waals surface area contributed by atoms with Crippen LogP contribution in [0.2, 0.25) is 0 Å². The van der Waals surface area contributed by atoms with E-state index in [0.29, 0.717) is 13.0 Å². The molecule has 1 atom stereocenters. The molecule has 0 unspecified atom stereocenters. The van der Waals surface area contributed by atoms with E-state index in [4.69, 9.17) is 4.74 Å². The first-order valence-electron chi connectivity index (χ1n) is 7.29. The highest BCUT2D eigenvalue weighted by Gasteiger charge is 2.41. The fourth-order valence-corrected chi connectivity index (χ4v) is 3.13. The van der Waals surface area contributed by atoms with Crippen molar-refractivity contribution in [1.29, 1.82) is 0 Å². The fourth-order valence-electron chi connectivity index (χ4n) is 3.13. The third-order valence-corrected chi connectivity index (χ3v) is 4.18. The molecule has 5 heteroatoms. The molecule has 2 fully saturated rings. The van der Waals surface area contributed by atoms with Crippen molar-refractivity contribution in [3.8, 4) is 0 Å². The number of piperidine rings is 1. The van der Waals surface area contributed by atoms with Crippen molar-refractivity contribution in [3.05, 3.63) is 30.1 Å². The number of aromatic nitrogens is 1. The molecule has 2 saturated heterocycles. The predicted octanol–water partition coefficient (Wildman–Crippen LogP) is 0.651. The molecule has 2 N–H and O–H groups in total. The van der Waals surface area contributed by atoms with E-state index in [1.165, 1.54) is 0 Å². The van der Waals surface area contributed by atoms with Gasteiger partial charge in [0.25, 0.3) is 0 Å². The largest absolute Gasteiger partial charge is 0.373 e. The molecule has 2 aliphatic rings. The first-order valence-corrected chi connectivity index (χ1v) is 7.29. The Bertz CT molecular complexity index is 457. The highest BCUT2D eigenvalue weighted by atomic mass is 16.5. The van der Waals surface area contributed by atoms with Gasteiger partial charge < -0.3 is 15.4 Å². The van der Waals surface area contributed by atoms with Crippen molar-refractivity contribution in [2.45, 2.75) is 37.3 Å². The Hall–Kier alpha value is -1.46. The number of pyridine rings is 1. The zero-order chi connectivity index (χ0) is 13.8. The standard InChI is InChI=1S/C15H21N3O2/c19-14(8-12-2-1-5-17-10-12)18-13-9-15(20-11-13)3-6-16-7-4-15/h1-2,5,10,13,16H,3-4,6-9,11H2,(H,18,19)/t13-/m1/s1. The Morgan fingerprint density at radius 1 is 1.50 bits per heavy atom. The lowest BCUT2D eigenvalue weighted by molar-refractivity contribution is -0.121. The van der Waals surface area contributed by atoms with E-state index in [2.05, 4.69) is 15.6 Å². The second-order valence-corrected chi connectivity index (χ2v) is 5.75. The van der Waals surface area contributed by atoms with Crippen LogP contribution in [0, 0.1) is 0 Å². The summed E-state index contributed by atoms with van der Waals surface area (Å²) in [5.41, 5.74) is 0.942. The molecule has 0 radical (unpaired) electrons. The second kappa shape index (κ2) is 5.89. The highest BCUT2D eigenvalue weighted by Crippen LogP contribution is 2.33. The van der Waals surface area contributed by atoms with Crippen LogP contribution < -0.4 is 10.6 Å². The molecule has 0 aromatic carbocycles. The van der Waals surface area contributed by atoms with Crippen LogP contribution in [0.4, 0.5) is 0 Å². The van der Waals surface area contributed by atoms with Gasteiger partial charge in [0.05, 0.1) is 24.7 Å². The van der Waals surface area contributed by atoms with Gasteiger partial charge in [0.1, 0.15) is 0 Å². The van der Waals surface area contributed by atoms with Gasteiger partial charge in [-0.2, -0.15) is 0 Å². The minimum absolute atomic E-state index is 0.00248. The van der Waals surface area contributed by atoms with Crippen molar-refractivity contribution in [1.82, 2.24) is 15.6 Å². The monoisotopic (exact) mass is 275 g/mol. The molecule has 0 saturated carbocycles. The van der Waals surface area contributed by atoms with Crippen LogP contribution in [0.15, 0.2) is 24.5 Å². The van der Waals surface area contributed by atoms with E-state index in [1.807, 2.05) is 12.1 Å². The summed E-state index contributed by atoms with van der Waals surface area (Å²) >= 11 is 0. The predicted molar refractivity (Wildman–Crippen MR) is 75.3 cm³/mol. The summed E-state index contributed by atoms with van der Waals surface area (Å²) in [6.45, 7) is 2.66. The van der Waals surface area contributed by atoms with E-state index in [0.717, 1.165) is 37.9 Å². The topological polar surface area (TPSA) is 63.2 Å². The van der Waals surface area contributed by atoms with Gasteiger partial charge in [0.15, 0.2) is 0 Å². The summed E-state index contributed by atoms with van der Waals surface area (Å²) in [6, 6.07) is 3.93. The number of nitrogens with zero attached hydrogens (tertiary/aromatic N) is 1. The van der Waals surface area contributed by atoms with Crippen molar-refractivity contribution in [3.63, 3.8) is 0 Å². The Balaban J connectivity index is 1.50. The van der Waals surface area contributed by atoms with Gasteiger partial charge >= 0.3 is 0 Å². The fraction of sp³-hybridized carbons (Fsp3) is 0.600. The number of hydrogen-bond acceptors (Lipinski definition) is 4. The van der Waals surface area contributed by atoms with E-state index in [1.54, 1.807) is 12.4 Å². The van der Waals surface area contributed by atoms with Crippen LogP contribution in [0.25, 0.3) is 0 Å². The summed E-state index contributed by atoms with van der Waals surface area (Å²) in [4.78, 5) is 16.1. The SMILES string of the molecule is O=C(Cc1cccnc1)N[C@H]1COC2(CCNCC2)C1. The van der Waals surface area contributed by atoms with Gasteiger partial charge in [-0.3, -0.25) is 9.78 Å². The molecule has 2 aliphatic heterocycles. The maximum absolute atomic E-state index is 12.0. The molecule has 1 amide bonds. The second-order valence-electron chi connectivity index (χ2n) is 5.75. The van der Waals surface area contributed by atoms with Crippen molar-refractivity contribution in [2.24, 2.45) is 0 Å². The molecule has 1 spiro atoms. The molecule has 5 nitrogen and oxygen atoms in total. The molecular weight excluding hydrogens is 254 g/mol. The average molecular weight is 275 g/mol. The number of nitrogens with one attached hydrogen (secondary N) is 2. The summed E-state index contributed by atoms with van der Waals surface area (Å²) in [6.07, 6.45) is 6.86. The molecule has 1 aromatic rings. The van der Waals surface area contributed by atoms with Crippen molar-refractivity contribution < 1.29 is 9.53 Å². The Morgan fingerprint density at radius 3 is 3.10 bits per heavy atom. The van der Waals surface area contributed by atoms with Crippen LogP contribution in [0.5, 0.6) is 0 Å². The minimum atomic E-state index is -0.00248. The number of amides is 1. The lowest BCUT2D eigenvalue weighted by atomic mass is 9.88. The van der Waals surface area contributed by atoms with E-state index >= 15 is 0 Å². The van der Waals surface area contributed by atoms with Gasteiger partial charge in [-0.15, -0.1) is 0 Å². The molecule has 3 rings (SSSR count). The summed E-state index contributed by atoms with van der Waals surface area (Å²) in [5.74, 6) is 0.0533. The van der Waals surface area contributed by atoms with Crippen LogP contribution in [0.1, 0.15) is 24.8 Å². The van der Waals surface area contributed by atoms with Crippen molar-refractivity contribution in [2.75, 3.05) is 19.7 Å². The van der Waals surface area contributed by atoms with E-state index < -0.39 is 0 Å². The number of rotatable bonds is 3. The lowest BCUT2D eigenvalue weighted by Crippen LogP contribution is -2.43. The van der Waals surface area contributed by atoms with Crippen LogP contribution in [-0.2, 0) is 16.0 Å². The molecule has 3 heterocycles. The molecule has 0 aliphatic carbocycles. The van der Waals surface area contributed by atoms with Gasteiger partial charge in [0.2, 0.25) is 5.91 Å². The first kappa shape index (κ1) is 13.5. The molecule has 108 valence electrons. The number of carbonyl (C=O) groups is 1. The third-order valence-electron chi connectivity index (χ3n) is 4.18. The van der Waals surface area contributed by atoms with Crippen LogP contribution in [0.3, 0.4) is 0 Å². The average Bonchev–Trinajstić information content (AvgIpc) is 2.83. The van der Waals surface area contributed by atoms with E-state index in [-0.39, 0.29) is 17.6 Å². The molecule has 20 heavy (non-hydrogen) atoms.